The molecule has 1 aliphatic heterocycles. The number of nitrogens with one attached hydrogen (secondary N) is 1. The molecule has 0 saturated heterocycles. The number of benzene rings is 1. The van der Waals surface area contributed by atoms with Gasteiger partial charge in [0.1, 0.15) is 0 Å². The molecule has 2 rings (SSSR count). The summed E-state index contributed by atoms with van der Waals surface area (Å²) in [4.78, 5) is 0. The first-order chi connectivity index (χ1) is 9.58. The van der Waals surface area contributed by atoms with Crippen LogP contribution in [0.3, 0.4) is 0 Å². The van der Waals surface area contributed by atoms with Gasteiger partial charge in [-0.25, -0.2) is 0 Å². The molecule has 2 N–H and O–H groups in total. The maximum atomic E-state index is 9.70. The predicted molar refractivity (Wildman–Crippen MR) is 86.5 cm³/mol. The molecule has 0 bridgehead atoms. The molecule has 20 heavy (non-hydrogen) atoms. The van der Waals surface area contributed by atoms with Crippen LogP contribution in [0.25, 0.3) is 0 Å². The normalized spacial score (nSPS) is 18.2. The van der Waals surface area contributed by atoms with Gasteiger partial charge in [-0.1, -0.05) is 52.2 Å². The molecule has 1 aromatic carbocycles. The van der Waals surface area contributed by atoms with Crippen LogP contribution in [0.5, 0.6) is 0 Å². The van der Waals surface area contributed by atoms with E-state index >= 15 is 0 Å². The van der Waals surface area contributed by atoms with Crippen molar-refractivity contribution in [2.24, 2.45) is 0 Å². The van der Waals surface area contributed by atoms with Gasteiger partial charge in [0.05, 0.1) is 0 Å². The fourth-order valence-electron chi connectivity index (χ4n) is 3.18. The molecule has 1 unspecified atom stereocenters. The summed E-state index contributed by atoms with van der Waals surface area (Å²) >= 11 is 0. The Hall–Kier alpha value is -1.02. The summed E-state index contributed by atoms with van der Waals surface area (Å²) in [5, 5.41) is 13.2. The van der Waals surface area contributed by atoms with Crippen LogP contribution in [-0.2, 0) is 5.41 Å². The maximum Gasteiger partial charge on any atom is 0.0499 e. The largest absolute Gasteiger partial charge is 0.396 e. The molecule has 0 aromatic heterocycles. The van der Waals surface area contributed by atoms with E-state index in [9.17, 15) is 5.11 Å². The molecule has 0 amide bonds. The van der Waals surface area contributed by atoms with Crippen molar-refractivity contribution < 1.29 is 5.11 Å². The molecule has 1 heterocycles. The second kappa shape index (κ2) is 6.62. The Balaban J connectivity index is 2.20. The number of hydrogen-bond acceptors (Lipinski definition) is 2. The highest BCUT2D eigenvalue weighted by molar-refractivity contribution is 5.58. The lowest BCUT2D eigenvalue weighted by atomic mass is 9.76. The van der Waals surface area contributed by atoms with Crippen LogP contribution in [0.15, 0.2) is 18.2 Å². The summed E-state index contributed by atoms with van der Waals surface area (Å²) in [6.07, 6.45) is 5.97. The van der Waals surface area contributed by atoms with Crippen molar-refractivity contribution in [1.82, 2.24) is 0 Å². The average Bonchev–Trinajstić information content (AvgIpc) is 2.43. The summed E-state index contributed by atoms with van der Waals surface area (Å²) < 4.78 is 0. The molecule has 112 valence electrons. The molecule has 1 atom stereocenters. The average molecular weight is 275 g/mol. The Morgan fingerprint density at radius 1 is 1.30 bits per heavy atom. The molecule has 0 fully saturated rings. The van der Waals surface area contributed by atoms with Crippen molar-refractivity contribution in [2.75, 3.05) is 18.5 Å². The fourth-order valence-corrected chi connectivity index (χ4v) is 3.18. The molecule has 2 heteroatoms. The van der Waals surface area contributed by atoms with Gasteiger partial charge < -0.3 is 10.4 Å². The van der Waals surface area contributed by atoms with Gasteiger partial charge >= 0.3 is 0 Å². The third kappa shape index (κ3) is 3.35. The molecular formula is C18H29NO. The number of hydrogen-bond donors (Lipinski definition) is 2. The number of rotatable bonds is 6. The molecule has 0 aliphatic carbocycles. The second-order valence-electron chi connectivity index (χ2n) is 6.74. The maximum absolute atomic E-state index is 9.70. The predicted octanol–water partition coefficient (Wildman–Crippen LogP) is 4.44. The van der Waals surface area contributed by atoms with E-state index in [1.54, 1.807) is 0 Å². The van der Waals surface area contributed by atoms with Crippen molar-refractivity contribution in [3.8, 4) is 0 Å². The molecular weight excluding hydrogens is 246 g/mol. The van der Waals surface area contributed by atoms with Crippen molar-refractivity contribution in [1.29, 1.82) is 0 Å². The summed E-state index contributed by atoms with van der Waals surface area (Å²) in [7, 11) is 0. The molecule has 1 aliphatic rings. The van der Waals surface area contributed by atoms with E-state index in [1.165, 1.54) is 42.5 Å². The smallest absolute Gasteiger partial charge is 0.0499 e. The lowest BCUT2D eigenvalue weighted by Crippen LogP contribution is -2.28. The SMILES string of the molecule is CCCCCC(CO)c1ccc2c(c1)C(C)(C)CCN2. The fraction of sp³-hybridized carbons (Fsp3) is 0.667. The van der Waals surface area contributed by atoms with E-state index in [-0.39, 0.29) is 12.0 Å². The van der Waals surface area contributed by atoms with Gasteiger partial charge in [0, 0.05) is 24.8 Å². The van der Waals surface area contributed by atoms with E-state index in [0.29, 0.717) is 5.92 Å². The van der Waals surface area contributed by atoms with E-state index in [1.807, 2.05) is 0 Å². The van der Waals surface area contributed by atoms with Gasteiger partial charge in [-0.05, 0) is 35.4 Å². The number of fused-ring (bicyclic) bond motifs is 1. The first-order valence-electron chi connectivity index (χ1n) is 8.07. The van der Waals surface area contributed by atoms with Gasteiger partial charge in [0.2, 0.25) is 0 Å². The van der Waals surface area contributed by atoms with Crippen LogP contribution >= 0.6 is 0 Å². The van der Waals surface area contributed by atoms with Crippen molar-refractivity contribution in [3.63, 3.8) is 0 Å². The number of anilines is 1. The zero-order chi connectivity index (χ0) is 14.6. The van der Waals surface area contributed by atoms with Crippen LogP contribution < -0.4 is 5.32 Å². The highest BCUT2D eigenvalue weighted by Gasteiger charge is 2.28. The Morgan fingerprint density at radius 3 is 2.80 bits per heavy atom. The molecule has 2 nitrogen and oxygen atoms in total. The highest BCUT2D eigenvalue weighted by Crippen LogP contribution is 2.38. The minimum absolute atomic E-state index is 0.236. The topological polar surface area (TPSA) is 32.3 Å². The van der Waals surface area contributed by atoms with Crippen LogP contribution in [0.2, 0.25) is 0 Å². The summed E-state index contributed by atoms with van der Waals surface area (Å²) in [5.74, 6) is 0.296. The number of unbranched alkanes of at least 4 members (excludes halogenated alkanes) is 2. The van der Waals surface area contributed by atoms with Crippen LogP contribution in [0.4, 0.5) is 5.69 Å². The molecule has 1 aromatic rings. The van der Waals surface area contributed by atoms with Crippen molar-refractivity contribution in [3.05, 3.63) is 29.3 Å². The zero-order valence-corrected chi connectivity index (χ0v) is 13.2. The van der Waals surface area contributed by atoms with E-state index in [0.717, 1.165) is 13.0 Å². The number of aliphatic hydroxyl groups is 1. The van der Waals surface area contributed by atoms with Crippen molar-refractivity contribution in [2.45, 2.75) is 64.2 Å². The van der Waals surface area contributed by atoms with Gasteiger partial charge in [0.25, 0.3) is 0 Å². The van der Waals surface area contributed by atoms with Gasteiger partial charge in [-0.3, -0.25) is 0 Å². The Kier molecular flexibility index (Phi) is 5.09. The standard InChI is InChI=1S/C18H29NO/c1-4-5-6-7-15(13-20)14-8-9-17-16(12-14)18(2,3)10-11-19-17/h8-9,12,15,19-20H,4-7,10-11,13H2,1-3H3. The van der Waals surface area contributed by atoms with Crippen LogP contribution in [0, 0.1) is 0 Å². The molecule has 0 radical (unpaired) electrons. The summed E-state index contributed by atoms with van der Waals surface area (Å²) in [6, 6.07) is 6.72. The van der Waals surface area contributed by atoms with E-state index < -0.39 is 0 Å². The third-order valence-electron chi connectivity index (χ3n) is 4.69. The van der Waals surface area contributed by atoms with Crippen LogP contribution in [0.1, 0.15) is 69.9 Å². The second-order valence-corrected chi connectivity index (χ2v) is 6.74. The Bertz CT molecular complexity index is 439. The van der Waals surface area contributed by atoms with Gasteiger partial charge in [-0.2, -0.15) is 0 Å². The van der Waals surface area contributed by atoms with Gasteiger partial charge in [0.15, 0.2) is 0 Å². The molecule has 0 spiro atoms. The molecule has 0 saturated carbocycles. The zero-order valence-electron chi connectivity index (χ0n) is 13.2. The van der Waals surface area contributed by atoms with Crippen LogP contribution in [-0.4, -0.2) is 18.3 Å². The van der Waals surface area contributed by atoms with Gasteiger partial charge in [-0.15, -0.1) is 0 Å². The van der Waals surface area contributed by atoms with E-state index in [2.05, 4.69) is 44.3 Å². The lowest BCUT2D eigenvalue weighted by molar-refractivity contribution is 0.256. The summed E-state index contributed by atoms with van der Waals surface area (Å²) in [5.41, 5.74) is 4.23. The first kappa shape index (κ1) is 15.4. The number of aliphatic hydroxyl groups excluding tert-OH is 1. The first-order valence-corrected chi connectivity index (χ1v) is 8.07. The monoisotopic (exact) mass is 275 g/mol. The quantitative estimate of drug-likeness (QED) is 0.752. The lowest BCUT2D eigenvalue weighted by Gasteiger charge is -2.34. The Labute approximate surface area is 123 Å². The highest BCUT2D eigenvalue weighted by atomic mass is 16.3. The van der Waals surface area contributed by atoms with Crippen molar-refractivity contribution >= 4 is 5.69 Å². The Morgan fingerprint density at radius 2 is 2.10 bits per heavy atom. The minimum Gasteiger partial charge on any atom is -0.396 e. The summed E-state index contributed by atoms with van der Waals surface area (Å²) in [6.45, 7) is 8.18. The third-order valence-corrected chi connectivity index (χ3v) is 4.69. The minimum atomic E-state index is 0.236. The van der Waals surface area contributed by atoms with E-state index in [4.69, 9.17) is 0 Å².